The zero-order valence-corrected chi connectivity index (χ0v) is 25.1. The summed E-state index contributed by atoms with van der Waals surface area (Å²) in [6.07, 6.45) is -0.175. The third kappa shape index (κ3) is 9.44. The van der Waals surface area contributed by atoms with Crippen LogP contribution in [0.3, 0.4) is 0 Å². The summed E-state index contributed by atoms with van der Waals surface area (Å²) < 4.78 is 13.8. The van der Waals surface area contributed by atoms with Crippen LogP contribution in [0.15, 0.2) is 60.7 Å². The fraction of sp³-hybridized carbons (Fsp3) is 0.586. The zero-order valence-electron chi connectivity index (χ0n) is 22.4. The van der Waals surface area contributed by atoms with Gasteiger partial charge in [0.1, 0.15) is 0 Å². The molecule has 0 unspecified atom stereocenters. The first-order valence-corrected chi connectivity index (χ1v) is 17.0. The molecule has 2 rings (SSSR count). The number of benzene rings is 2. The Morgan fingerprint density at radius 2 is 1.34 bits per heavy atom. The number of rotatable bonds is 16. The van der Waals surface area contributed by atoms with E-state index in [0.717, 1.165) is 12.0 Å². The summed E-state index contributed by atoms with van der Waals surface area (Å²) in [7, 11) is -1.95. The van der Waals surface area contributed by atoms with Crippen LogP contribution in [-0.2, 0) is 15.8 Å². The van der Waals surface area contributed by atoms with Gasteiger partial charge in [0.15, 0.2) is 0 Å². The summed E-state index contributed by atoms with van der Waals surface area (Å²) in [5.41, 5.74) is 2.69. The van der Waals surface area contributed by atoms with Crippen molar-refractivity contribution < 1.29 is 19.4 Å². The average molecular weight is 566 g/mol. The van der Waals surface area contributed by atoms with Crippen molar-refractivity contribution in [2.75, 3.05) is 13.2 Å². The van der Waals surface area contributed by atoms with Gasteiger partial charge >= 0.3 is 221 Å². The molecule has 4 nitrogen and oxygen atoms in total. The molecule has 0 heterocycles. The molecule has 2 aromatic rings. The molecule has 2 aromatic carbocycles. The average Bonchev–Trinajstić information content (AvgIpc) is 2.81. The molecular formula is C29H46O4SeSi. The Morgan fingerprint density at radius 3 is 1.89 bits per heavy atom. The van der Waals surface area contributed by atoms with Crippen molar-refractivity contribution in [2.24, 2.45) is 0 Å². The van der Waals surface area contributed by atoms with Crippen LogP contribution in [0.2, 0.25) is 21.4 Å². The van der Waals surface area contributed by atoms with Crippen LogP contribution in [-0.4, -0.2) is 58.9 Å². The van der Waals surface area contributed by atoms with Gasteiger partial charge in [0.2, 0.25) is 0 Å². The molecule has 0 aliphatic carbocycles. The van der Waals surface area contributed by atoms with E-state index in [-0.39, 0.29) is 26.4 Å². The second-order valence-corrected chi connectivity index (χ2v) is 18.6. The minimum atomic E-state index is -1.95. The van der Waals surface area contributed by atoms with Crippen molar-refractivity contribution in [1.82, 2.24) is 0 Å². The van der Waals surface area contributed by atoms with Gasteiger partial charge in [-0.1, -0.05) is 0 Å². The molecule has 0 amide bonds. The molecule has 0 fully saturated rings. The molecule has 0 spiro atoms. The van der Waals surface area contributed by atoms with E-state index in [1.165, 1.54) is 4.46 Å². The van der Waals surface area contributed by atoms with Crippen molar-refractivity contribution >= 4 is 27.7 Å². The predicted octanol–water partition coefficient (Wildman–Crippen LogP) is 5.72. The molecule has 6 heteroatoms. The molecule has 0 aliphatic heterocycles. The van der Waals surface area contributed by atoms with E-state index in [1.807, 2.05) is 36.4 Å². The monoisotopic (exact) mass is 566 g/mol. The Morgan fingerprint density at radius 1 is 0.800 bits per heavy atom. The number of hydrogen-bond donors (Lipinski definition) is 2. The normalized spacial score (nSPS) is 15.1. The van der Waals surface area contributed by atoms with Crippen LogP contribution in [0.4, 0.5) is 0 Å². The summed E-state index contributed by atoms with van der Waals surface area (Å²) >= 11 is 0.0896. The Labute approximate surface area is 220 Å². The van der Waals surface area contributed by atoms with Crippen molar-refractivity contribution in [3.05, 3.63) is 66.2 Å². The van der Waals surface area contributed by atoms with Gasteiger partial charge in [-0.2, -0.15) is 0 Å². The summed E-state index contributed by atoms with van der Waals surface area (Å²) in [5, 5.41) is 21.8. The van der Waals surface area contributed by atoms with Crippen LogP contribution in [0.5, 0.6) is 0 Å². The quantitative estimate of drug-likeness (QED) is 0.256. The van der Waals surface area contributed by atoms with Gasteiger partial charge in [0.25, 0.3) is 0 Å². The van der Waals surface area contributed by atoms with Crippen molar-refractivity contribution in [3.63, 3.8) is 0 Å². The Bertz CT molecular complexity index is 794. The fourth-order valence-electron chi connectivity index (χ4n) is 5.24. The number of hydrogen-bond acceptors (Lipinski definition) is 4. The minimum absolute atomic E-state index is 0.0758. The molecule has 196 valence electrons. The number of ether oxygens (including phenoxy) is 1. The van der Waals surface area contributed by atoms with Crippen LogP contribution < -0.4 is 4.46 Å². The second-order valence-electron chi connectivity index (χ2n) is 10.4. The van der Waals surface area contributed by atoms with Crippen LogP contribution >= 0.6 is 0 Å². The molecule has 0 radical (unpaired) electrons. The third-order valence-corrected chi connectivity index (χ3v) is 15.9. The van der Waals surface area contributed by atoms with Gasteiger partial charge < -0.3 is 0 Å². The molecule has 0 aromatic heterocycles. The SMILES string of the molecule is CC(C)[Si](OCC[C@H]([Se]c1ccccc1)[C@@H](O)C[C@@H](O)COCc1ccccc1)(C(C)C)C(C)C. The first-order chi connectivity index (χ1) is 16.7. The molecule has 0 saturated carbocycles. The second kappa shape index (κ2) is 15.3. The van der Waals surface area contributed by atoms with Gasteiger partial charge in [-0.05, 0) is 0 Å². The standard InChI is InChI=1S/C29H46O4SeSi/c1-22(2)35(23(3)4,24(5)6)33-18-17-29(34-27-15-11-8-12-16-27)28(31)19-26(30)21-32-20-25-13-9-7-10-14-25/h7-16,22-24,26,28-31H,17-21H2,1-6H3/t26-,28+,29+/m1/s1. The first-order valence-electron chi connectivity index (χ1n) is 13.0. The van der Waals surface area contributed by atoms with E-state index in [4.69, 9.17) is 9.16 Å². The Balaban J connectivity index is 1.99. The van der Waals surface area contributed by atoms with Gasteiger partial charge in [0.05, 0.1) is 0 Å². The molecule has 0 bridgehead atoms. The summed E-state index contributed by atoms with van der Waals surface area (Å²) in [6.45, 7) is 15.2. The van der Waals surface area contributed by atoms with E-state index in [0.29, 0.717) is 36.3 Å². The summed E-state index contributed by atoms with van der Waals surface area (Å²) in [5.74, 6) is 0. The Hall–Kier alpha value is -0.984. The molecule has 0 aliphatic rings. The third-order valence-electron chi connectivity index (χ3n) is 6.86. The van der Waals surface area contributed by atoms with E-state index < -0.39 is 20.5 Å². The van der Waals surface area contributed by atoms with Gasteiger partial charge in [-0.15, -0.1) is 0 Å². The zero-order chi connectivity index (χ0) is 25.8. The number of aliphatic hydroxyl groups excluding tert-OH is 2. The van der Waals surface area contributed by atoms with E-state index >= 15 is 0 Å². The first kappa shape index (κ1) is 30.2. The maximum atomic E-state index is 11.2. The topological polar surface area (TPSA) is 58.9 Å². The molecule has 0 saturated heterocycles. The summed E-state index contributed by atoms with van der Waals surface area (Å²) in [6, 6.07) is 20.3. The predicted molar refractivity (Wildman–Crippen MR) is 150 cm³/mol. The molecule has 3 atom stereocenters. The van der Waals surface area contributed by atoms with Gasteiger partial charge in [0, 0.05) is 0 Å². The van der Waals surface area contributed by atoms with Crippen LogP contribution in [0.1, 0.15) is 59.9 Å². The Kier molecular flexibility index (Phi) is 13.2. The van der Waals surface area contributed by atoms with Crippen LogP contribution in [0, 0.1) is 0 Å². The van der Waals surface area contributed by atoms with E-state index in [2.05, 4.69) is 65.8 Å². The molecule has 2 N–H and O–H groups in total. The van der Waals surface area contributed by atoms with Crippen molar-refractivity contribution in [2.45, 2.75) is 94.6 Å². The van der Waals surface area contributed by atoms with Gasteiger partial charge in [-0.25, -0.2) is 0 Å². The number of aliphatic hydroxyl groups is 2. The van der Waals surface area contributed by atoms with E-state index in [9.17, 15) is 10.2 Å². The van der Waals surface area contributed by atoms with Gasteiger partial charge in [-0.3, -0.25) is 0 Å². The fourth-order valence-corrected chi connectivity index (χ4v) is 13.1. The van der Waals surface area contributed by atoms with Crippen LogP contribution in [0.25, 0.3) is 0 Å². The van der Waals surface area contributed by atoms with Crippen molar-refractivity contribution in [3.8, 4) is 0 Å². The van der Waals surface area contributed by atoms with Crippen molar-refractivity contribution in [1.29, 1.82) is 0 Å². The summed E-state index contributed by atoms with van der Waals surface area (Å²) in [4.78, 5) is 0.0758. The molecular weight excluding hydrogens is 519 g/mol. The maximum absolute atomic E-state index is 11.2. The van der Waals surface area contributed by atoms with E-state index in [1.54, 1.807) is 0 Å². The molecule has 35 heavy (non-hydrogen) atoms.